The molecule has 0 saturated carbocycles. The molecule has 0 saturated heterocycles. The van der Waals surface area contributed by atoms with Gasteiger partial charge in [0.25, 0.3) is 15.9 Å². The lowest BCUT2D eigenvalue weighted by Crippen LogP contribution is -2.16. The van der Waals surface area contributed by atoms with E-state index in [4.69, 9.17) is 9.47 Å². The summed E-state index contributed by atoms with van der Waals surface area (Å²) in [7, 11) is -1.09. The number of pyridine rings is 1. The summed E-state index contributed by atoms with van der Waals surface area (Å²) in [5, 5.41) is 2.64. The van der Waals surface area contributed by atoms with Gasteiger partial charge in [0.15, 0.2) is 0 Å². The smallest absolute Gasteiger partial charge is 0.274 e. The van der Waals surface area contributed by atoms with E-state index in [0.29, 0.717) is 11.4 Å². The molecule has 1 amide bonds. The number of hydrogen-bond acceptors (Lipinski definition) is 6. The number of carbonyl (C=O) groups excluding carboxylic acids is 1. The summed E-state index contributed by atoms with van der Waals surface area (Å²) in [6.45, 7) is 0. The second-order valence-electron chi connectivity index (χ2n) is 5.87. The van der Waals surface area contributed by atoms with Gasteiger partial charge in [0.2, 0.25) is 0 Å². The molecule has 0 atom stereocenters. The van der Waals surface area contributed by atoms with Crippen LogP contribution in [0, 0.1) is 0 Å². The predicted octanol–water partition coefficient (Wildman–Crippen LogP) is 3.15. The summed E-state index contributed by atoms with van der Waals surface area (Å²) in [6, 6.07) is 15.7. The molecule has 3 aromatic rings. The van der Waals surface area contributed by atoms with Gasteiger partial charge < -0.3 is 14.8 Å². The third kappa shape index (κ3) is 4.82. The van der Waals surface area contributed by atoms with Gasteiger partial charge in [-0.05, 0) is 54.6 Å². The molecule has 150 valence electrons. The Morgan fingerprint density at radius 1 is 0.931 bits per heavy atom. The minimum absolute atomic E-state index is 0.116. The average Bonchev–Trinajstić information content (AvgIpc) is 2.74. The number of ether oxygens (including phenoxy) is 2. The standard InChI is InChI=1S/C20H19N3O5S/c1-27-16-9-6-14(7-10-16)23-29(25,26)19-13-15(8-11-18(19)28-2)22-20(24)17-5-3-4-12-21-17/h3-13,23H,1-2H3,(H,22,24). The number of carbonyl (C=O) groups is 1. The highest BCUT2D eigenvalue weighted by Crippen LogP contribution is 2.29. The monoisotopic (exact) mass is 413 g/mol. The number of rotatable bonds is 7. The van der Waals surface area contributed by atoms with E-state index in [1.165, 1.54) is 32.5 Å². The van der Waals surface area contributed by atoms with Crippen molar-refractivity contribution in [3.05, 3.63) is 72.6 Å². The number of hydrogen-bond donors (Lipinski definition) is 2. The van der Waals surface area contributed by atoms with Gasteiger partial charge in [0.1, 0.15) is 22.1 Å². The summed E-state index contributed by atoms with van der Waals surface area (Å²) in [6.07, 6.45) is 1.50. The number of nitrogens with one attached hydrogen (secondary N) is 2. The van der Waals surface area contributed by atoms with Crippen LogP contribution in [0.2, 0.25) is 0 Å². The molecule has 0 aliphatic rings. The first-order valence-electron chi connectivity index (χ1n) is 8.50. The van der Waals surface area contributed by atoms with Crippen LogP contribution in [-0.4, -0.2) is 33.5 Å². The molecule has 1 aromatic heterocycles. The molecule has 0 spiro atoms. The van der Waals surface area contributed by atoms with Gasteiger partial charge in [-0.2, -0.15) is 0 Å². The molecule has 0 radical (unpaired) electrons. The van der Waals surface area contributed by atoms with Gasteiger partial charge in [-0.15, -0.1) is 0 Å². The molecule has 0 bridgehead atoms. The molecular weight excluding hydrogens is 394 g/mol. The molecule has 1 heterocycles. The van der Waals surface area contributed by atoms with Crippen LogP contribution in [0.5, 0.6) is 11.5 Å². The van der Waals surface area contributed by atoms with Crippen LogP contribution in [0.25, 0.3) is 0 Å². The molecule has 0 aliphatic carbocycles. The zero-order valence-electron chi connectivity index (χ0n) is 15.7. The van der Waals surface area contributed by atoms with E-state index < -0.39 is 15.9 Å². The van der Waals surface area contributed by atoms with Gasteiger partial charge in [-0.25, -0.2) is 8.42 Å². The summed E-state index contributed by atoms with van der Waals surface area (Å²) >= 11 is 0. The highest BCUT2D eigenvalue weighted by Gasteiger charge is 2.21. The Morgan fingerprint density at radius 3 is 2.28 bits per heavy atom. The number of methoxy groups -OCH3 is 2. The first-order valence-corrected chi connectivity index (χ1v) is 9.98. The molecule has 0 aliphatic heterocycles. The topological polar surface area (TPSA) is 107 Å². The fourth-order valence-electron chi connectivity index (χ4n) is 2.53. The Hall–Kier alpha value is -3.59. The Morgan fingerprint density at radius 2 is 1.66 bits per heavy atom. The maximum absolute atomic E-state index is 12.9. The normalized spacial score (nSPS) is 10.8. The number of benzene rings is 2. The summed E-state index contributed by atoms with van der Waals surface area (Å²) in [4.78, 5) is 16.2. The maximum atomic E-state index is 12.9. The van der Waals surface area contributed by atoms with E-state index in [9.17, 15) is 13.2 Å². The molecule has 29 heavy (non-hydrogen) atoms. The lowest BCUT2D eigenvalue weighted by Gasteiger charge is -2.14. The third-order valence-electron chi connectivity index (χ3n) is 3.95. The molecule has 2 aromatic carbocycles. The molecule has 3 rings (SSSR count). The van der Waals surface area contributed by atoms with Crippen LogP contribution in [-0.2, 0) is 10.0 Å². The van der Waals surface area contributed by atoms with Gasteiger partial charge in [0.05, 0.1) is 14.2 Å². The highest BCUT2D eigenvalue weighted by atomic mass is 32.2. The largest absolute Gasteiger partial charge is 0.497 e. The minimum atomic E-state index is -3.98. The van der Waals surface area contributed by atoms with E-state index in [1.807, 2.05) is 0 Å². The number of amides is 1. The van der Waals surface area contributed by atoms with Crippen molar-refractivity contribution in [2.45, 2.75) is 4.90 Å². The number of nitrogens with zero attached hydrogens (tertiary/aromatic N) is 1. The summed E-state index contributed by atoms with van der Waals surface area (Å²) in [5.41, 5.74) is 0.858. The van der Waals surface area contributed by atoms with Crippen LogP contribution < -0.4 is 19.5 Å². The first-order chi connectivity index (χ1) is 13.9. The van der Waals surface area contributed by atoms with Crippen molar-refractivity contribution in [2.75, 3.05) is 24.3 Å². The molecule has 0 unspecified atom stereocenters. The van der Waals surface area contributed by atoms with Crippen molar-refractivity contribution in [3.8, 4) is 11.5 Å². The van der Waals surface area contributed by atoms with Gasteiger partial charge in [-0.3, -0.25) is 14.5 Å². The Labute approximate surface area is 168 Å². The van der Waals surface area contributed by atoms with Crippen LogP contribution in [0.4, 0.5) is 11.4 Å². The van der Waals surface area contributed by atoms with E-state index in [2.05, 4.69) is 15.0 Å². The van der Waals surface area contributed by atoms with Crippen molar-refractivity contribution in [3.63, 3.8) is 0 Å². The first kappa shape index (κ1) is 20.2. The Kier molecular flexibility index (Phi) is 5.99. The lowest BCUT2D eigenvalue weighted by atomic mass is 10.2. The van der Waals surface area contributed by atoms with Crippen LogP contribution >= 0.6 is 0 Å². The molecule has 0 fully saturated rings. The fourth-order valence-corrected chi connectivity index (χ4v) is 3.78. The van der Waals surface area contributed by atoms with E-state index >= 15 is 0 Å². The van der Waals surface area contributed by atoms with Crippen LogP contribution in [0.15, 0.2) is 71.8 Å². The zero-order valence-corrected chi connectivity index (χ0v) is 16.6. The van der Waals surface area contributed by atoms with Crippen LogP contribution in [0.3, 0.4) is 0 Å². The average molecular weight is 413 g/mol. The van der Waals surface area contributed by atoms with Gasteiger partial charge in [0, 0.05) is 17.6 Å². The minimum Gasteiger partial charge on any atom is -0.497 e. The number of anilines is 2. The third-order valence-corrected chi connectivity index (χ3v) is 5.35. The van der Waals surface area contributed by atoms with E-state index in [0.717, 1.165) is 0 Å². The predicted molar refractivity (Wildman–Crippen MR) is 109 cm³/mol. The second kappa shape index (κ2) is 8.61. The fraction of sp³-hybridized carbons (Fsp3) is 0.100. The van der Waals surface area contributed by atoms with E-state index in [-0.39, 0.29) is 22.0 Å². The van der Waals surface area contributed by atoms with Crippen molar-refractivity contribution < 1.29 is 22.7 Å². The quantitative estimate of drug-likeness (QED) is 0.616. The molecule has 9 heteroatoms. The lowest BCUT2D eigenvalue weighted by molar-refractivity contribution is 0.102. The zero-order chi connectivity index (χ0) is 20.9. The highest BCUT2D eigenvalue weighted by molar-refractivity contribution is 7.92. The van der Waals surface area contributed by atoms with Crippen molar-refractivity contribution in [2.24, 2.45) is 0 Å². The van der Waals surface area contributed by atoms with Crippen molar-refractivity contribution in [1.82, 2.24) is 4.98 Å². The molecular formula is C20H19N3O5S. The van der Waals surface area contributed by atoms with Gasteiger partial charge >= 0.3 is 0 Å². The van der Waals surface area contributed by atoms with Crippen molar-refractivity contribution in [1.29, 1.82) is 0 Å². The van der Waals surface area contributed by atoms with E-state index in [1.54, 1.807) is 48.5 Å². The maximum Gasteiger partial charge on any atom is 0.274 e. The number of sulfonamides is 1. The second-order valence-corrected chi connectivity index (χ2v) is 7.52. The van der Waals surface area contributed by atoms with Crippen molar-refractivity contribution >= 4 is 27.3 Å². The molecule has 2 N–H and O–H groups in total. The summed E-state index contributed by atoms with van der Waals surface area (Å²) < 4.78 is 38.5. The Balaban J connectivity index is 1.88. The van der Waals surface area contributed by atoms with Gasteiger partial charge in [-0.1, -0.05) is 6.07 Å². The summed E-state index contributed by atoms with van der Waals surface area (Å²) in [5.74, 6) is 0.286. The molecule has 8 nitrogen and oxygen atoms in total. The Bertz CT molecular complexity index is 1100. The SMILES string of the molecule is COc1ccc(NS(=O)(=O)c2cc(NC(=O)c3ccccn3)ccc2OC)cc1. The van der Waals surface area contributed by atoms with Crippen LogP contribution in [0.1, 0.15) is 10.5 Å². The number of aromatic nitrogens is 1.